The van der Waals surface area contributed by atoms with Crippen molar-refractivity contribution in [2.24, 2.45) is 5.92 Å². The van der Waals surface area contributed by atoms with Crippen LogP contribution in [-0.2, 0) is 6.54 Å². The summed E-state index contributed by atoms with van der Waals surface area (Å²) in [5, 5.41) is 7.85. The Balaban J connectivity index is 0.00000208. The lowest BCUT2D eigenvalue weighted by molar-refractivity contribution is 0.170. The molecule has 1 fully saturated rings. The molecule has 24 heavy (non-hydrogen) atoms. The first-order chi connectivity index (χ1) is 11.2. The van der Waals surface area contributed by atoms with E-state index in [1.165, 1.54) is 31.4 Å². The average Bonchev–Trinajstić information content (AvgIpc) is 3.03. The normalized spacial score (nSPS) is 16.1. The van der Waals surface area contributed by atoms with Gasteiger partial charge in [0.2, 0.25) is 0 Å². The summed E-state index contributed by atoms with van der Waals surface area (Å²) in [6, 6.07) is 8.48. The molecule has 0 atom stereocenters. The highest BCUT2D eigenvalue weighted by Gasteiger charge is 2.19. The molecule has 4 nitrogen and oxygen atoms in total. The number of piperidine rings is 1. The number of hydrogen-bond acceptors (Lipinski definition) is 3. The smallest absolute Gasteiger partial charge is 0.123 e. The SMILES string of the molecule is CNCCC1CCN(Cc2ccn(-c3ccc(F)cc3)n2)CC1.Cl. The summed E-state index contributed by atoms with van der Waals surface area (Å²) in [4.78, 5) is 2.48. The molecule has 0 amide bonds. The molecule has 0 saturated carbocycles. The number of benzene rings is 1. The van der Waals surface area contributed by atoms with Crippen LogP contribution in [0.25, 0.3) is 5.69 Å². The van der Waals surface area contributed by atoms with Crippen molar-refractivity contribution in [2.45, 2.75) is 25.8 Å². The van der Waals surface area contributed by atoms with Crippen LogP contribution in [-0.4, -0.2) is 41.4 Å². The molecule has 0 unspecified atom stereocenters. The minimum Gasteiger partial charge on any atom is -0.320 e. The minimum absolute atomic E-state index is 0. The third kappa shape index (κ3) is 5.03. The van der Waals surface area contributed by atoms with Crippen molar-refractivity contribution in [1.82, 2.24) is 20.0 Å². The summed E-state index contributed by atoms with van der Waals surface area (Å²) < 4.78 is 14.8. The first kappa shape index (κ1) is 18.9. The molecule has 0 radical (unpaired) electrons. The van der Waals surface area contributed by atoms with Crippen LogP contribution >= 0.6 is 12.4 Å². The Labute approximate surface area is 149 Å². The summed E-state index contributed by atoms with van der Waals surface area (Å²) in [5.74, 6) is 0.637. The van der Waals surface area contributed by atoms with E-state index in [0.29, 0.717) is 0 Å². The highest BCUT2D eigenvalue weighted by Crippen LogP contribution is 2.21. The molecule has 0 bridgehead atoms. The quantitative estimate of drug-likeness (QED) is 0.866. The Hall–Kier alpha value is -1.43. The highest BCUT2D eigenvalue weighted by atomic mass is 35.5. The van der Waals surface area contributed by atoms with E-state index in [9.17, 15) is 4.39 Å². The van der Waals surface area contributed by atoms with Gasteiger partial charge < -0.3 is 5.32 Å². The lowest BCUT2D eigenvalue weighted by Gasteiger charge is -2.31. The molecule has 1 saturated heterocycles. The molecule has 0 spiro atoms. The van der Waals surface area contributed by atoms with Crippen LogP contribution in [0.1, 0.15) is 25.0 Å². The Morgan fingerprint density at radius 1 is 1.17 bits per heavy atom. The summed E-state index contributed by atoms with van der Waals surface area (Å²) in [7, 11) is 2.02. The largest absolute Gasteiger partial charge is 0.320 e. The maximum atomic E-state index is 13.0. The first-order valence-corrected chi connectivity index (χ1v) is 8.42. The van der Waals surface area contributed by atoms with Crippen LogP contribution in [0.5, 0.6) is 0 Å². The predicted octanol–water partition coefficient (Wildman–Crippen LogP) is 3.25. The Kier molecular flexibility index (Phi) is 7.21. The molecule has 132 valence electrons. The summed E-state index contributed by atoms with van der Waals surface area (Å²) in [5.41, 5.74) is 1.96. The summed E-state index contributed by atoms with van der Waals surface area (Å²) in [6.07, 6.45) is 5.78. The van der Waals surface area contributed by atoms with E-state index >= 15 is 0 Å². The van der Waals surface area contributed by atoms with Gasteiger partial charge in [-0.2, -0.15) is 5.10 Å². The van der Waals surface area contributed by atoms with Crippen LogP contribution in [0.15, 0.2) is 36.5 Å². The molecule has 6 heteroatoms. The number of nitrogens with one attached hydrogen (secondary N) is 1. The third-order valence-electron chi connectivity index (χ3n) is 4.63. The zero-order valence-corrected chi connectivity index (χ0v) is 14.9. The highest BCUT2D eigenvalue weighted by molar-refractivity contribution is 5.85. The van der Waals surface area contributed by atoms with Gasteiger partial charge >= 0.3 is 0 Å². The van der Waals surface area contributed by atoms with Crippen molar-refractivity contribution in [1.29, 1.82) is 0 Å². The van der Waals surface area contributed by atoms with Crippen LogP contribution in [0, 0.1) is 11.7 Å². The fourth-order valence-corrected chi connectivity index (χ4v) is 3.19. The number of likely N-dealkylation sites (tertiary alicyclic amines) is 1. The van der Waals surface area contributed by atoms with Crippen LogP contribution in [0.3, 0.4) is 0 Å². The Bertz CT molecular complexity index is 606. The number of nitrogens with zero attached hydrogens (tertiary/aromatic N) is 3. The van der Waals surface area contributed by atoms with E-state index in [2.05, 4.69) is 21.4 Å². The van der Waals surface area contributed by atoms with Gasteiger partial charge in [-0.1, -0.05) is 0 Å². The van der Waals surface area contributed by atoms with E-state index in [-0.39, 0.29) is 18.2 Å². The van der Waals surface area contributed by atoms with E-state index < -0.39 is 0 Å². The molecule has 1 aliphatic rings. The molecule has 1 aliphatic heterocycles. The van der Waals surface area contributed by atoms with Crippen molar-refractivity contribution in [3.63, 3.8) is 0 Å². The Morgan fingerprint density at radius 2 is 1.88 bits per heavy atom. The van der Waals surface area contributed by atoms with Crippen LogP contribution < -0.4 is 5.32 Å². The van der Waals surface area contributed by atoms with Crippen molar-refractivity contribution < 1.29 is 4.39 Å². The predicted molar refractivity (Wildman–Crippen MR) is 97.3 cm³/mol. The van der Waals surface area contributed by atoms with Gasteiger partial charge in [0.05, 0.1) is 11.4 Å². The topological polar surface area (TPSA) is 33.1 Å². The van der Waals surface area contributed by atoms with E-state index in [4.69, 9.17) is 0 Å². The molecule has 1 aromatic carbocycles. The summed E-state index contributed by atoms with van der Waals surface area (Å²) >= 11 is 0. The maximum absolute atomic E-state index is 13.0. The second kappa shape index (κ2) is 9.16. The van der Waals surface area contributed by atoms with Gasteiger partial charge in [-0.15, -0.1) is 12.4 Å². The van der Waals surface area contributed by atoms with E-state index in [1.807, 2.05) is 17.9 Å². The van der Waals surface area contributed by atoms with Gasteiger partial charge in [0, 0.05) is 12.7 Å². The molecule has 0 aliphatic carbocycles. The zero-order chi connectivity index (χ0) is 16.1. The monoisotopic (exact) mass is 352 g/mol. The second-order valence-corrected chi connectivity index (χ2v) is 6.34. The van der Waals surface area contributed by atoms with Gasteiger partial charge in [-0.25, -0.2) is 9.07 Å². The van der Waals surface area contributed by atoms with Gasteiger partial charge in [0.25, 0.3) is 0 Å². The van der Waals surface area contributed by atoms with Crippen LogP contribution in [0.4, 0.5) is 4.39 Å². The minimum atomic E-state index is -0.220. The molecular weight excluding hydrogens is 327 g/mol. The van der Waals surface area contributed by atoms with E-state index in [0.717, 1.165) is 43.5 Å². The van der Waals surface area contributed by atoms with Crippen molar-refractivity contribution in [3.05, 3.63) is 48.0 Å². The fraction of sp³-hybridized carbons (Fsp3) is 0.500. The number of aromatic nitrogens is 2. The van der Waals surface area contributed by atoms with Crippen molar-refractivity contribution >= 4 is 12.4 Å². The van der Waals surface area contributed by atoms with Gasteiger partial charge in [0.15, 0.2) is 0 Å². The fourth-order valence-electron chi connectivity index (χ4n) is 3.19. The van der Waals surface area contributed by atoms with E-state index in [1.54, 1.807) is 12.1 Å². The maximum Gasteiger partial charge on any atom is 0.123 e. The molecule has 2 aromatic rings. The molecule has 3 rings (SSSR count). The second-order valence-electron chi connectivity index (χ2n) is 6.34. The molecule has 1 N–H and O–H groups in total. The lowest BCUT2D eigenvalue weighted by atomic mass is 9.93. The third-order valence-corrected chi connectivity index (χ3v) is 4.63. The molecule has 2 heterocycles. The number of hydrogen-bond donors (Lipinski definition) is 1. The van der Waals surface area contributed by atoms with Gasteiger partial charge in [-0.3, -0.25) is 4.90 Å². The zero-order valence-electron chi connectivity index (χ0n) is 14.1. The van der Waals surface area contributed by atoms with Crippen LogP contribution in [0.2, 0.25) is 0 Å². The van der Waals surface area contributed by atoms with Gasteiger partial charge in [-0.05, 0) is 82.2 Å². The van der Waals surface area contributed by atoms with Gasteiger partial charge in [0.1, 0.15) is 5.82 Å². The average molecular weight is 353 g/mol. The summed E-state index contributed by atoms with van der Waals surface area (Å²) in [6.45, 7) is 4.31. The first-order valence-electron chi connectivity index (χ1n) is 8.42. The standard InChI is InChI=1S/C18H25FN4.ClH/c1-20-10-6-15-7-11-22(12-8-15)14-17-9-13-23(21-17)18-4-2-16(19)3-5-18;/h2-5,9,13,15,20H,6-8,10-12,14H2,1H3;1H. The van der Waals surface area contributed by atoms with Crippen molar-refractivity contribution in [2.75, 3.05) is 26.7 Å². The number of rotatable bonds is 6. The van der Waals surface area contributed by atoms with Crippen molar-refractivity contribution in [3.8, 4) is 5.69 Å². The molecule has 1 aromatic heterocycles. The lowest BCUT2D eigenvalue weighted by Crippen LogP contribution is -2.34. The number of halogens is 2. The molecular formula is C18H26ClFN4. The Morgan fingerprint density at radius 3 is 2.54 bits per heavy atom.